The number of nitrogens with zero attached hydrogens (tertiary/aromatic N) is 1. The summed E-state index contributed by atoms with van der Waals surface area (Å²) >= 11 is 0. The summed E-state index contributed by atoms with van der Waals surface area (Å²) in [6.45, 7) is 1.80. The summed E-state index contributed by atoms with van der Waals surface area (Å²) in [4.78, 5) is 2.36. The quantitative estimate of drug-likeness (QED) is 0.621. The van der Waals surface area contributed by atoms with Crippen molar-refractivity contribution in [3.05, 3.63) is 35.6 Å². The van der Waals surface area contributed by atoms with E-state index in [1.807, 2.05) is 6.07 Å². The van der Waals surface area contributed by atoms with Gasteiger partial charge in [-0.2, -0.15) is 0 Å². The molecule has 3 aliphatic rings. The minimum Gasteiger partial charge on any atom is -0.493 e. The topological polar surface area (TPSA) is 66.5 Å². The fraction of sp³-hybridized carbons (Fsp3) is 0.636. The van der Waals surface area contributed by atoms with E-state index in [4.69, 9.17) is 23.0 Å². The molecule has 0 radical (unpaired) electrons. The van der Waals surface area contributed by atoms with Crippen molar-refractivity contribution in [2.45, 2.75) is 50.0 Å². The van der Waals surface area contributed by atoms with Gasteiger partial charge in [0.15, 0.2) is 11.5 Å². The van der Waals surface area contributed by atoms with Gasteiger partial charge >= 0.3 is 7.82 Å². The number of phosphoric acid groups is 1. The molecule has 0 bridgehead atoms. The lowest BCUT2D eigenvalue weighted by Crippen LogP contribution is -2.43. The van der Waals surface area contributed by atoms with Gasteiger partial charge in [-0.25, -0.2) is 4.57 Å². The predicted molar refractivity (Wildman–Crippen MR) is 114 cm³/mol. The molecule has 0 aromatic heterocycles. The summed E-state index contributed by atoms with van der Waals surface area (Å²) in [5.41, 5.74) is 1.19. The lowest BCUT2D eigenvalue weighted by Gasteiger charge is -2.41. The molecule has 0 spiro atoms. The maximum absolute atomic E-state index is 13.0. The summed E-state index contributed by atoms with van der Waals surface area (Å²) in [6, 6.07) is 6.43. The van der Waals surface area contributed by atoms with E-state index in [2.05, 4.69) is 30.2 Å². The van der Waals surface area contributed by atoms with Crippen LogP contribution in [0.2, 0.25) is 0 Å². The molecule has 1 aliphatic carbocycles. The standard InChI is InChI=1S/C22H32NO6P/c1-23-12-11-22(17-7-8-19(25-2)20(15-17)26-3)10-9-18(16-21(22)23)29-30(24)27-13-5-4-6-14-28-30/h7-9,15,21H,4-6,10-14,16H2,1-3H3. The molecule has 2 saturated heterocycles. The molecule has 8 heteroatoms. The highest BCUT2D eigenvalue weighted by Crippen LogP contribution is 2.56. The van der Waals surface area contributed by atoms with Crippen molar-refractivity contribution in [2.75, 3.05) is 41.0 Å². The average Bonchev–Trinajstić information content (AvgIpc) is 3.08. The van der Waals surface area contributed by atoms with Crippen LogP contribution < -0.4 is 9.47 Å². The van der Waals surface area contributed by atoms with Gasteiger partial charge in [-0.05, 0) is 69.5 Å². The van der Waals surface area contributed by atoms with Crippen molar-refractivity contribution in [1.29, 1.82) is 0 Å². The Bertz CT molecular complexity index is 831. The highest BCUT2D eigenvalue weighted by molar-refractivity contribution is 7.48. The minimum absolute atomic E-state index is 0.0434. The number of likely N-dealkylation sites (tertiary alicyclic amines) is 1. The number of likely N-dealkylation sites (N-methyl/N-ethyl adjacent to an activating group) is 1. The molecule has 2 atom stereocenters. The molecule has 0 saturated carbocycles. The third kappa shape index (κ3) is 4.13. The monoisotopic (exact) mass is 437 g/mol. The SMILES string of the molecule is COc1ccc(C23CC=C(OP4(=O)OCCCCCO4)CC2N(C)CC3)cc1OC. The zero-order valence-electron chi connectivity index (χ0n) is 18.1. The number of allylic oxidation sites excluding steroid dienone is 1. The zero-order chi connectivity index (χ0) is 21.2. The summed E-state index contributed by atoms with van der Waals surface area (Å²) < 4.78 is 40.8. The third-order valence-electron chi connectivity index (χ3n) is 6.64. The van der Waals surface area contributed by atoms with Gasteiger partial charge in [0.1, 0.15) is 5.76 Å². The van der Waals surface area contributed by atoms with E-state index in [1.165, 1.54) is 5.56 Å². The molecule has 0 N–H and O–H groups in total. The Morgan fingerprint density at radius 3 is 2.53 bits per heavy atom. The molecule has 4 rings (SSSR count). The largest absolute Gasteiger partial charge is 0.529 e. The van der Waals surface area contributed by atoms with Gasteiger partial charge in [0.05, 0.1) is 27.4 Å². The van der Waals surface area contributed by atoms with E-state index in [-0.39, 0.29) is 11.5 Å². The van der Waals surface area contributed by atoms with Crippen LogP contribution in [0, 0.1) is 0 Å². The van der Waals surface area contributed by atoms with Crippen LogP contribution >= 0.6 is 7.82 Å². The van der Waals surface area contributed by atoms with Crippen LogP contribution in [0.25, 0.3) is 0 Å². The number of hydrogen-bond acceptors (Lipinski definition) is 7. The Hall–Kier alpha value is -1.53. The Kier molecular flexibility index (Phi) is 6.44. The zero-order valence-corrected chi connectivity index (χ0v) is 19.0. The molecule has 2 fully saturated rings. The molecule has 1 aromatic rings. The van der Waals surface area contributed by atoms with Gasteiger partial charge in [0.2, 0.25) is 0 Å². The van der Waals surface area contributed by atoms with E-state index >= 15 is 0 Å². The van der Waals surface area contributed by atoms with Crippen LogP contribution in [-0.2, 0) is 23.6 Å². The predicted octanol–water partition coefficient (Wildman–Crippen LogP) is 4.67. The third-order valence-corrected chi connectivity index (χ3v) is 8.10. The van der Waals surface area contributed by atoms with Gasteiger partial charge in [0, 0.05) is 17.9 Å². The van der Waals surface area contributed by atoms with Gasteiger partial charge in [-0.3, -0.25) is 9.05 Å². The number of methoxy groups -OCH3 is 2. The molecule has 30 heavy (non-hydrogen) atoms. The van der Waals surface area contributed by atoms with Crippen molar-refractivity contribution in [1.82, 2.24) is 4.90 Å². The first-order valence-corrected chi connectivity index (χ1v) is 12.2. The second-order valence-corrected chi connectivity index (χ2v) is 9.91. The number of benzene rings is 1. The molecule has 2 heterocycles. The van der Waals surface area contributed by atoms with Crippen molar-refractivity contribution >= 4 is 7.82 Å². The highest BCUT2D eigenvalue weighted by Gasteiger charge is 2.50. The van der Waals surface area contributed by atoms with Crippen LogP contribution in [0.1, 0.15) is 44.1 Å². The maximum Gasteiger partial charge on any atom is 0.529 e. The summed E-state index contributed by atoms with van der Waals surface area (Å²) in [6.07, 6.45) is 7.35. The lowest BCUT2D eigenvalue weighted by atomic mass is 9.68. The van der Waals surface area contributed by atoms with Crippen molar-refractivity contribution in [3.63, 3.8) is 0 Å². The lowest BCUT2D eigenvalue weighted by molar-refractivity contribution is 0.108. The van der Waals surface area contributed by atoms with Crippen LogP contribution in [-0.4, -0.2) is 52.0 Å². The van der Waals surface area contributed by atoms with Crippen molar-refractivity contribution in [3.8, 4) is 11.5 Å². The first-order valence-electron chi connectivity index (χ1n) is 10.7. The number of rotatable bonds is 5. The van der Waals surface area contributed by atoms with Gasteiger partial charge < -0.3 is 18.9 Å². The van der Waals surface area contributed by atoms with Gasteiger partial charge in [-0.1, -0.05) is 6.07 Å². The Morgan fingerprint density at radius 1 is 1.10 bits per heavy atom. The van der Waals surface area contributed by atoms with E-state index < -0.39 is 7.82 Å². The molecule has 2 unspecified atom stereocenters. The van der Waals surface area contributed by atoms with E-state index in [1.54, 1.807) is 14.2 Å². The van der Waals surface area contributed by atoms with E-state index in [0.717, 1.165) is 50.1 Å². The molecule has 7 nitrogen and oxygen atoms in total. The second-order valence-electron chi connectivity index (χ2n) is 8.32. The average molecular weight is 437 g/mol. The Balaban J connectivity index is 1.59. The maximum atomic E-state index is 13.0. The summed E-state index contributed by atoms with van der Waals surface area (Å²) in [5.74, 6) is 2.17. The minimum atomic E-state index is -3.55. The van der Waals surface area contributed by atoms with E-state index in [0.29, 0.717) is 25.4 Å². The number of ether oxygens (including phenoxy) is 2. The Labute approximate surface area is 178 Å². The second kappa shape index (κ2) is 8.91. The molecule has 166 valence electrons. The molecular formula is C22H32NO6P. The molecule has 1 aromatic carbocycles. The number of phosphoric ester groups is 1. The molecule has 0 amide bonds. The fourth-order valence-corrected chi connectivity index (χ4v) is 6.24. The number of fused-ring (bicyclic) bond motifs is 1. The van der Waals surface area contributed by atoms with Crippen LogP contribution in [0.3, 0.4) is 0 Å². The first kappa shape index (κ1) is 21.7. The first-order chi connectivity index (χ1) is 14.5. The fourth-order valence-electron chi connectivity index (χ4n) is 4.92. The van der Waals surface area contributed by atoms with Crippen LogP contribution in [0.4, 0.5) is 0 Å². The smallest absolute Gasteiger partial charge is 0.493 e. The van der Waals surface area contributed by atoms with Gasteiger partial charge in [0.25, 0.3) is 0 Å². The summed E-state index contributed by atoms with van der Waals surface area (Å²) in [5, 5.41) is 0. The van der Waals surface area contributed by atoms with Crippen molar-refractivity contribution < 1.29 is 27.6 Å². The highest BCUT2D eigenvalue weighted by atomic mass is 31.2. The van der Waals surface area contributed by atoms with Crippen molar-refractivity contribution in [2.24, 2.45) is 0 Å². The van der Waals surface area contributed by atoms with Crippen LogP contribution in [0.15, 0.2) is 30.0 Å². The Morgan fingerprint density at radius 2 is 1.83 bits per heavy atom. The van der Waals surface area contributed by atoms with Crippen LogP contribution in [0.5, 0.6) is 11.5 Å². The number of hydrogen-bond donors (Lipinski definition) is 0. The summed E-state index contributed by atoms with van der Waals surface area (Å²) in [7, 11) is 1.90. The van der Waals surface area contributed by atoms with Gasteiger partial charge in [-0.15, -0.1) is 0 Å². The molecular weight excluding hydrogens is 405 g/mol. The normalized spacial score (nSPS) is 29.3. The molecule has 2 aliphatic heterocycles. The van der Waals surface area contributed by atoms with E-state index in [9.17, 15) is 4.57 Å².